The van der Waals surface area contributed by atoms with Gasteiger partial charge in [-0.15, -0.1) is 0 Å². The van der Waals surface area contributed by atoms with Crippen molar-refractivity contribution in [3.63, 3.8) is 0 Å². The van der Waals surface area contributed by atoms with Crippen LogP contribution in [0.5, 0.6) is 5.75 Å². The van der Waals surface area contributed by atoms with E-state index in [4.69, 9.17) is 24.1 Å². The van der Waals surface area contributed by atoms with Gasteiger partial charge in [0.15, 0.2) is 0 Å². The van der Waals surface area contributed by atoms with E-state index in [1.54, 1.807) is 10.7 Å². The second kappa shape index (κ2) is 9.28. The summed E-state index contributed by atoms with van der Waals surface area (Å²) >= 11 is -2.10. The second-order valence-electron chi connectivity index (χ2n) is 5.46. The van der Waals surface area contributed by atoms with Gasteiger partial charge in [-0.1, -0.05) is 0 Å². The molecule has 0 heterocycles. The van der Waals surface area contributed by atoms with Gasteiger partial charge in [-0.05, 0) is 0 Å². The van der Waals surface area contributed by atoms with Crippen LogP contribution < -0.4 is 10.1 Å². The standard InChI is InChI=1S/C17H18N2O3.2ClH.Ru/c1-12(2)22-17-7-5-4-6-16(17)18-11-14-8-9-15(19(20)21)10-13(14)3;;;/h3-10,12,18H,11H2,1-2H3;2*1H;/q;;;+2/p-2. The van der Waals surface area contributed by atoms with Crippen LogP contribution in [0.1, 0.15) is 25.0 Å². The van der Waals surface area contributed by atoms with Crippen LogP contribution in [0.4, 0.5) is 11.4 Å². The average Bonchev–Trinajstić information content (AvgIpc) is 2.53. The molecule has 25 heavy (non-hydrogen) atoms. The Morgan fingerprint density at radius 3 is 2.64 bits per heavy atom. The van der Waals surface area contributed by atoms with Crippen molar-refractivity contribution in [3.8, 4) is 5.75 Å². The fourth-order valence-electron chi connectivity index (χ4n) is 2.19. The van der Waals surface area contributed by atoms with Gasteiger partial charge < -0.3 is 0 Å². The third-order valence-electron chi connectivity index (χ3n) is 3.25. The Morgan fingerprint density at radius 1 is 1.28 bits per heavy atom. The molecular formula is C17H18Cl2N2O3Ru. The van der Waals surface area contributed by atoms with Gasteiger partial charge in [0, 0.05) is 0 Å². The summed E-state index contributed by atoms with van der Waals surface area (Å²) in [5, 5.41) is 14.3. The molecule has 0 spiro atoms. The van der Waals surface area contributed by atoms with Gasteiger partial charge in [-0.25, -0.2) is 0 Å². The summed E-state index contributed by atoms with van der Waals surface area (Å²) in [6, 6.07) is 12.3. The molecule has 0 atom stereocenters. The van der Waals surface area contributed by atoms with Crippen LogP contribution in [0.15, 0.2) is 42.5 Å². The van der Waals surface area contributed by atoms with Crippen LogP contribution in [0.25, 0.3) is 0 Å². The van der Waals surface area contributed by atoms with Crippen LogP contribution in [-0.2, 0) is 20.1 Å². The number of nitro groups is 1. The predicted octanol–water partition coefficient (Wildman–Crippen LogP) is 5.07. The number of nitrogens with one attached hydrogen (secondary N) is 1. The second-order valence-corrected chi connectivity index (χ2v) is 11.2. The minimum absolute atomic E-state index is 0.0160. The first kappa shape index (κ1) is 19.8. The van der Waals surface area contributed by atoms with Crippen molar-refractivity contribution in [2.75, 3.05) is 5.32 Å². The van der Waals surface area contributed by atoms with Crippen LogP contribution in [-0.4, -0.2) is 15.6 Å². The summed E-state index contributed by atoms with van der Waals surface area (Å²) in [6.45, 7) is 4.40. The number of halogens is 2. The number of anilines is 1. The van der Waals surface area contributed by atoms with E-state index in [0.29, 0.717) is 12.1 Å². The molecule has 0 bridgehead atoms. The Balaban J connectivity index is 2.26. The number of hydrogen-bond donors (Lipinski definition) is 1. The molecule has 0 fully saturated rings. The van der Waals surface area contributed by atoms with Gasteiger partial charge in [-0.3, -0.25) is 0 Å². The number of nitrogens with zero attached hydrogens (tertiary/aromatic N) is 1. The normalized spacial score (nSPS) is 11.2. The zero-order valence-corrected chi connectivity index (χ0v) is 16.9. The molecule has 0 aliphatic carbocycles. The van der Waals surface area contributed by atoms with Gasteiger partial charge in [0.25, 0.3) is 0 Å². The SMILES string of the molecule is CC(C)Oc1ccccc1NCc1ccc([N+](=O)[O-])cc1[CH]=[Ru]([Cl])[Cl]. The van der Waals surface area contributed by atoms with Gasteiger partial charge in [0.1, 0.15) is 0 Å². The summed E-state index contributed by atoms with van der Waals surface area (Å²) in [5.74, 6) is 0.757. The van der Waals surface area contributed by atoms with Gasteiger partial charge in [-0.2, -0.15) is 0 Å². The third kappa shape index (κ3) is 6.07. The number of nitro benzene ring substituents is 1. The van der Waals surface area contributed by atoms with Crippen molar-refractivity contribution in [2.45, 2.75) is 26.5 Å². The molecule has 0 radical (unpaired) electrons. The maximum absolute atomic E-state index is 11.0. The fourth-order valence-corrected chi connectivity index (χ4v) is 4.05. The first-order valence-electron chi connectivity index (χ1n) is 7.47. The molecule has 0 saturated heterocycles. The van der Waals surface area contributed by atoms with E-state index in [-0.39, 0.29) is 11.8 Å². The van der Waals surface area contributed by atoms with Gasteiger partial charge in [0.2, 0.25) is 0 Å². The van der Waals surface area contributed by atoms with Crippen molar-refractivity contribution < 1.29 is 23.2 Å². The quantitative estimate of drug-likeness (QED) is 0.349. The van der Waals surface area contributed by atoms with E-state index < -0.39 is 18.4 Å². The molecule has 2 aromatic carbocycles. The summed E-state index contributed by atoms with van der Waals surface area (Å²) in [4.78, 5) is 10.6. The van der Waals surface area contributed by atoms with Crippen molar-refractivity contribution >= 4 is 35.4 Å². The average molecular weight is 470 g/mol. The van der Waals surface area contributed by atoms with E-state index >= 15 is 0 Å². The fraction of sp³-hybridized carbons (Fsp3) is 0.235. The Bertz CT molecular complexity index is 793. The minimum atomic E-state index is -2.10. The van der Waals surface area contributed by atoms with Gasteiger partial charge in [0.05, 0.1) is 0 Å². The number of benzene rings is 2. The summed E-state index contributed by atoms with van der Waals surface area (Å²) < 4.78 is 7.50. The maximum atomic E-state index is 11.0. The molecule has 0 aliphatic heterocycles. The summed E-state index contributed by atoms with van der Waals surface area (Å²) in [7, 11) is 11.9. The van der Waals surface area contributed by atoms with Crippen molar-refractivity contribution in [3.05, 3.63) is 63.7 Å². The van der Waals surface area contributed by atoms with E-state index in [2.05, 4.69) is 5.32 Å². The molecule has 2 rings (SSSR count). The Hall–Kier alpha value is -1.49. The molecule has 136 valence electrons. The molecule has 2 aromatic rings. The van der Waals surface area contributed by atoms with Crippen molar-refractivity contribution in [1.82, 2.24) is 0 Å². The number of hydrogen-bond acceptors (Lipinski definition) is 4. The zero-order valence-electron chi connectivity index (χ0n) is 13.7. The summed E-state index contributed by atoms with van der Waals surface area (Å²) in [5.41, 5.74) is 2.44. The molecule has 1 N–H and O–H groups in total. The molecule has 5 nitrogen and oxygen atoms in total. The number of ether oxygens (including phenoxy) is 1. The molecule has 0 aliphatic rings. The molecule has 0 unspecified atom stereocenters. The summed E-state index contributed by atoms with van der Waals surface area (Å²) in [6.07, 6.45) is 0.0608. The van der Waals surface area contributed by atoms with Crippen LogP contribution in [0.3, 0.4) is 0 Å². The van der Waals surface area contributed by atoms with Crippen LogP contribution in [0.2, 0.25) is 0 Å². The molecular weight excluding hydrogens is 452 g/mol. The first-order chi connectivity index (χ1) is 11.9. The molecule has 8 heteroatoms. The number of non-ortho nitro benzene ring substituents is 1. The van der Waals surface area contributed by atoms with E-state index in [1.165, 1.54) is 12.1 Å². The third-order valence-corrected chi connectivity index (χ3v) is 5.08. The molecule has 0 saturated carbocycles. The van der Waals surface area contributed by atoms with Crippen LogP contribution in [0, 0.1) is 10.1 Å². The molecule has 0 aromatic heterocycles. The predicted molar refractivity (Wildman–Crippen MR) is 99.5 cm³/mol. The van der Waals surface area contributed by atoms with Crippen molar-refractivity contribution in [2.24, 2.45) is 0 Å². The van der Waals surface area contributed by atoms with E-state index in [9.17, 15) is 10.1 Å². The number of rotatable bonds is 7. The Labute approximate surface area is 159 Å². The van der Waals surface area contributed by atoms with E-state index in [0.717, 1.165) is 17.0 Å². The van der Waals surface area contributed by atoms with Crippen LogP contribution >= 0.6 is 19.4 Å². The van der Waals surface area contributed by atoms with Gasteiger partial charge >= 0.3 is 160 Å². The first-order valence-corrected chi connectivity index (χ1v) is 12.9. The Kier molecular flexibility index (Phi) is 7.36. The molecule has 0 amide bonds. The number of para-hydroxylation sites is 2. The topological polar surface area (TPSA) is 64.4 Å². The zero-order chi connectivity index (χ0) is 18.4. The Morgan fingerprint density at radius 2 is 2.00 bits per heavy atom. The van der Waals surface area contributed by atoms with Crippen molar-refractivity contribution in [1.29, 1.82) is 0 Å². The monoisotopic (exact) mass is 470 g/mol. The van der Waals surface area contributed by atoms with E-state index in [1.807, 2.05) is 38.1 Å².